The van der Waals surface area contributed by atoms with E-state index in [2.05, 4.69) is 26.6 Å². The fourth-order valence-corrected chi connectivity index (χ4v) is 2.13. The van der Waals surface area contributed by atoms with E-state index in [0.717, 1.165) is 5.56 Å². The molecule has 0 bridgehead atoms. The van der Waals surface area contributed by atoms with E-state index in [0.29, 0.717) is 12.2 Å². The van der Waals surface area contributed by atoms with Crippen LogP contribution >= 0.6 is 0 Å². The molecule has 0 aliphatic heterocycles. The Morgan fingerprint density at radius 1 is 1.27 bits per heavy atom. The van der Waals surface area contributed by atoms with Gasteiger partial charge in [-0.15, -0.1) is 5.10 Å². The summed E-state index contributed by atoms with van der Waals surface area (Å²) in [5.41, 5.74) is 2.66. The van der Waals surface area contributed by atoms with Crippen molar-refractivity contribution in [2.24, 2.45) is 7.05 Å². The van der Waals surface area contributed by atoms with Crippen molar-refractivity contribution in [3.63, 3.8) is 0 Å². The highest BCUT2D eigenvalue weighted by Crippen LogP contribution is 2.07. The minimum atomic E-state index is -0.325. The summed E-state index contributed by atoms with van der Waals surface area (Å²) in [5.74, 6) is -0.0581. The fraction of sp³-hybridized carbons (Fsp3) is 0.200. The lowest BCUT2D eigenvalue weighted by molar-refractivity contribution is 0.102. The first kappa shape index (κ1) is 14.0. The van der Waals surface area contributed by atoms with Crippen LogP contribution in [0.4, 0.5) is 5.95 Å². The number of nitrogens with zero attached hydrogens (tertiary/aromatic N) is 5. The van der Waals surface area contributed by atoms with Crippen LogP contribution in [0.25, 0.3) is 0 Å². The summed E-state index contributed by atoms with van der Waals surface area (Å²) < 4.78 is 3.25. The van der Waals surface area contributed by atoms with Crippen molar-refractivity contribution in [1.82, 2.24) is 24.5 Å². The summed E-state index contributed by atoms with van der Waals surface area (Å²) >= 11 is 0. The Bertz CT molecular complexity index is 804. The zero-order valence-electron chi connectivity index (χ0n) is 12.4. The Morgan fingerprint density at radius 2 is 2.14 bits per heavy atom. The summed E-state index contributed by atoms with van der Waals surface area (Å²) in [4.78, 5) is 16.1. The molecule has 1 aromatic carbocycles. The second kappa shape index (κ2) is 5.80. The molecule has 0 saturated carbocycles. The molecular weight excluding hydrogens is 280 g/mol. The smallest absolute Gasteiger partial charge is 0.278 e. The maximum absolute atomic E-state index is 12.0. The van der Waals surface area contributed by atoms with Crippen molar-refractivity contribution in [3.8, 4) is 0 Å². The lowest BCUT2D eigenvalue weighted by atomic mass is 10.1. The molecule has 3 aromatic rings. The Morgan fingerprint density at radius 3 is 2.86 bits per heavy atom. The van der Waals surface area contributed by atoms with Gasteiger partial charge in [-0.1, -0.05) is 29.8 Å². The van der Waals surface area contributed by atoms with E-state index in [-0.39, 0.29) is 11.9 Å². The summed E-state index contributed by atoms with van der Waals surface area (Å²) in [6, 6.07) is 9.81. The molecular formula is C15H16N6O. The number of hydrogen-bond acceptors (Lipinski definition) is 4. The molecule has 0 unspecified atom stereocenters. The van der Waals surface area contributed by atoms with Gasteiger partial charge in [0.1, 0.15) is 6.33 Å². The van der Waals surface area contributed by atoms with Crippen molar-refractivity contribution < 1.29 is 4.79 Å². The largest absolute Gasteiger partial charge is 0.288 e. The van der Waals surface area contributed by atoms with Crippen molar-refractivity contribution in [2.75, 3.05) is 5.32 Å². The third-order valence-corrected chi connectivity index (χ3v) is 3.14. The Labute approximate surface area is 127 Å². The van der Waals surface area contributed by atoms with Crippen molar-refractivity contribution >= 4 is 11.9 Å². The molecule has 1 amide bonds. The third-order valence-electron chi connectivity index (χ3n) is 3.14. The van der Waals surface area contributed by atoms with Crippen LogP contribution in [0.5, 0.6) is 0 Å². The monoisotopic (exact) mass is 296 g/mol. The van der Waals surface area contributed by atoms with Crippen molar-refractivity contribution in [2.45, 2.75) is 13.5 Å². The summed E-state index contributed by atoms with van der Waals surface area (Å²) in [7, 11) is 1.76. The highest BCUT2D eigenvalue weighted by molar-refractivity contribution is 6.01. The number of rotatable bonds is 4. The Hall–Kier alpha value is -2.96. The molecule has 7 nitrogen and oxygen atoms in total. The van der Waals surface area contributed by atoms with E-state index in [1.807, 2.05) is 25.1 Å². The van der Waals surface area contributed by atoms with Crippen LogP contribution in [0.3, 0.4) is 0 Å². The van der Waals surface area contributed by atoms with E-state index < -0.39 is 0 Å². The van der Waals surface area contributed by atoms with Crippen LogP contribution in [-0.4, -0.2) is 30.5 Å². The standard InChI is InChI=1S/C15H16N6O/c1-11-4-3-5-12(8-11)9-21-10-16-15(19-21)17-14(22)13-6-7-20(2)18-13/h3-8,10H,9H2,1-2H3,(H,17,19,22). The van der Waals surface area contributed by atoms with Gasteiger partial charge in [-0.3, -0.25) is 14.8 Å². The van der Waals surface area contributed by atoms with Crippen LogP contribution in [0.2, 0.25) is 0 Å². The molecule has 2 heterocycles. The molecule has 7 heteroatoms. The fourth-order valence-electron chi connectivity index (χ4n) is 2.13. The van der Waals surface area contributed by atoms with Gasteiger partial charge in [-0.25, -0.2) is 9.67 Å². The third kappa shape index (κ3) is 3.20. The number of hydrogen-bond donors (Lipinski definition) is 1. The van der Waals surface area contributed by atoms with E-state index >= 15 is 0 Å². The summed E-state index contributed by atoms with van der Waals surface area (Å²) in [6.45, 7) is 2.65. The van der Waals surface area contributed by atoms with Gasteiger partial charge in [0.25, 0.3) is 5.91 Å². The lowest BCUT2D eigenvalue weighted by Crippen LogP contribution is -2.14. The number of amides is 1. The quantitative estimate of drug-likeness (QED) is 0.793. The van der Waals surface area contributed by atoms with E-state index in [4.69, 9.17) is 0 Å². The number of anilines is 1. The highest BCUT2D eigenvalue weighted by Gasteiger charge is 2.11. The van der Waals surface area contributed by atoms with Gasteiger partial charge in [-0.2, -0.15) is 5.10 Å². The second-order valence-corrected chi connectivity index (χ2v) is 5.08. The second-order valence-electron chi connectivity index (χ2n) is 5.08. The number of carbonyl (C=O) groups excluding carboxylic acids is 1. The van der Waals surface area contributed by atoms with E-state index in [9.17, 15) is 4.79 Å². The average molecular weight is 296 g/mol. The van der Waals surface area contributed by atoms with Crippen molar-refractivity contribution in [1.29, 1.82) is 0 Å². The van der Waals surface area contributed by atoms with Gasteiger partial charge < -0.3 is 0 Å². The van der Waals surface area contributed by atoms with Gasteiger partial charge in [-0.05, 0) is 18.6 Å². The highest BCUT2D eigenvalue weighted by atomic mass is 16.2. The number of benzene rings is 1. The van der Waals surface area contributed by atoms with E-state index in [1.54, 1.807) is 35.0 Å². The lowest BCUT2D eigenvalue weighted by Gasteiger charge is -2.02. The molecule has 22 heavy (non-hydrogen) atoms. The minimum absolute atomic E-state index is 0.267. The van der Waals surface area contributed by atoms with Gasteiger partial charge >= 0.3 is 0 Å². The molecule has 0 aliphatic rings. The molecule has 112 valence electrons. The Kier molecular flexibility index (Phi) is 3.69. The number of aryl methyl sites for hydroxylation is 2. The first-order valence-corrected chi connectivity index (χ1v) is 6.86. The molecule has 0 radical (unpaired) electrons. The van der Waals surface area contributed by atoms with E-state index in [1.165, 1.54) is 5.56 Å². The van der Waals surface area contributed by atoms with Gasteiger partial charge in [0.2, 0.25) is 5.95 Å². The molecule has 1 N–H and O–H groups in total. The number of nitrogens with one attached hydrogen (secondary N) is 1. The van der Waals surface area contributed by atoms with Crippen LogP contribution in [0, 0.1) is 6.92 Å². The SMILES string of the molecule is Cc1cccc(Cn2cnc(NC(=O)c3ccn(C)n3)n2)c1. The van der Waals surface area contributed by atoms with Gasteiger partial charge in [0.15, 0.2) is 5.69 Å². The normalized spacial score (nSPS) is 10.6. The molecule has 0 atom stereocenters. The molecule has 3 rings (SSSR count). The predicted molar refractivity (Wildman–Crippen MR) is 81.5 cm³/mol. The van der Waals surface area contributed by atoms with Crippen LogP contribution in [0.15, 0.2) is 42.9 Å². The Balaban J connectivity index is 1.67. The molecule has 0 fully saturated rings. The van der Waals surface area contributed by atoms with Gasteiger partial charge in [0, 0.05) is 13.2 Å². The molecule has 0 saturated heterocycles. The maximum atomic E-state index is 12.0. The predicted octanol–water partition coefficient (Wildman–Crippen LogP) is 1.62. The van der Waals surface area contributed by atoms with Crippen LogP contribution in [-0.2, 0) is 13.6 Å². The average Bonchev–Trinajstić information content (AvgIpc) is 3.08. The van der Waals surface area contributed by atoms with Gasteiger partial charge in [0.05, 0.1) is 6.54 Å². The number of carbonyl (C=O) groups is 1. The first-order valence-electron chi connectivity index (χ1n) is 6.86. The van der Waals surface area contributed by atoms with Crippen LogP contribution < -0.4 is 5.32 Å². The topological polar surface area (TPSA) is 77.6 Å². The maximum Gasteiger partial charge on any atom is 0.278 e. The first-order chi connectivity index (χ1) is 10.6. The zero-order chi connectivity index (χ0) is 15.5. The number of aromatic nitrogens is 5. The minimum Gasteiger partial charge on any atom is -0.288 e. The summed E-state index contributed by atoms with van der Waals surface area (Å²) in [5, 5.41) is 10.9. The van der Waals surface area contributed by atoms with Crippen molar-refractivity contribution in [3.05, 3.63) is 59.7 Å². The zero-order valence-corrected chi connectivity index (χ0v) is 12.4. The van der Waals surface area contributed by atoms with Crippen LogP contribution in [0.1, 0.15) is 21.6 Å². The summed E-state index contributed by atoms with van der Waals surface area (Å²) in [6.07, 6.45) is 3.30. The molecule has 0 spiro atoms. The molecule has 0 aliphatic carbocycles. The molecule has 2 aromatic heterocycles.